The van der Waals surface area contributed by atoms with Crippen LogP contribution in [0.25, 0.3) is 16.6 Å². The molecule has 4 rings (SSSR count). The zero-order valence-corrected chi connectivity index (χ0v) is 15.4. The third-order valence-electron chi connectivity index (χ3n) is 4.78. The summed E-state index contributed by atoms with van der Waals surface area (Å²) in [7, 11) is 5.08. The standard InChI is InChI=1S/C20H20N4O3/c1-23-16-8-7-14(27-3)10-15(16)22-20(23)18-17(25)11-24(19(18)21)12-5-4-6-13(9-12)26-2/h4-10,21,25H,11H2,1-3H3. The van der Waals surface area contributed by atoms with Crippen LogP contribution in [-0.2, 0) is 7.05 Å². The number of aromatic nitrogens is 2. The van der Waals surface area contributed by atoms with Crippen LogP contribution in [0.5, 0.6) is 11.5 Å². The Labute approximate surface area is 156 Å². The van der Waals surface area contributed by atoms with Crippen LogP contribution in [0.1, 0.15) is 5.82 Å². The number of benzene rings is 2. The molecule has 2 N–H and O–H groups in total. The van der Waals surface area contributed by atoms with Crippen molar-refractivity contribution in [1.29, 1.82) is 5.41 Å². The molecule has 0 aliphatic carbocycles. The van der Waals surface area contributed by atoms with Crippen LogP contribution in [0.4, 0.5) is 5.69 Å². The molecule has 0 spiro atoms. The molecule has 0 amide bonds. The van der Waals surface area contributed by atoms with E-state index in [0.29, 0.717) is 22.9 Å². The van der Waals surface area contributed by atoms with Crippen molar-refractivity contribution in [2.45, 2.75) is 0 Å². The number of aliphatic hydroxyl groups is 1. The van der Waals surface area contributed by atoms with Crippen LogP contribution in [-0.4, -0.2) is 41.3 Å². The SMILES string of the molecule is COc1cccc(N2CC(O)=C(c3nc4cc(OC)ccc4n3C)C2=N)c1. The van der Waals surface area contributed by atoms with Gasteiger partial charge in [-0.1, -0.05) is 6.07 Å². The van der Waals surface area contributed by atoms with E-state index in [1.165, 1.54) is 0 Å². The molecule has 0 radical (unpaired) electrons. The summed E-state index contributed by atoms with van der Waals surface area (Å²) in [5.74, 6) is 2.28. The van der Waals surface area contributed by atoms with Crippen molar-refractivity contribution in [3.63, 3.8) is 0 Å². The lowest BCUT2D eigenvalue weighted by atomic mass is 10.2. The van der Waals surface area contributed by atoms with Gasteiger partial charge < -0.3 is 24.0 Å². The molecule has 3 aromatic rings. The topological polar surface area (TPSA) is 83.6 Å². The first-order chi connectivity index (χ1) is 13.0. The number of aliphatic hydroxyl groups excluding tert-OH is 1. The largest absolute Gasteiger partial charge is 0.509 e. The number of hydrogen-bond donors (Lipinski definition) is 2. The zero-order chi connectivity index (χ0) is 19.1. The minimum absolute atomic E-state index is 0.119. The molecule has 7 nitrogen and oxygen atoms in total. The monoisotopic (exact) mass is 364 g/mol. The number of hydrogen-bond acceptors (Lipinski definition) is 5. The van der Waals surface area contributed by atoms with Crippen molar-refractivity contribution in [2.24, 2.45) is 7.05 Å². The highest BCUT2D eigenvalue weighted by Crippen LogP contribution is 2.33. The number of fused-ring (bicyclic) bond motifs is 1. The molecule has 0 fully saturated rings. The van der Waals surface area contributed by atoms with Gasteiger partial charge in [-0.15, -0.1) is 0 Å². The quantitative estimate of drug-likeness (QED) is 0.742. The average Bonchev–Trinajstić information content (AvgIpc) is 3.17. The summed E-state index contributed by atoms with van der Waals surface area (Å²) in [5, 5.41) is 19.2. The van der Waals surface area contributed by atoms with Gasteiger partial charge in [-0.3, -0.25) is 5.41 Å². The van der Waals surface area contributed by atoms with E-state index in [0.717, 1.165) is 16.7 Å². The molecule has 2 heterocycles. The van der Waals surface area contributed by atoms with Crippen LogP contribution >= 0.6 is 0 Å². The van der Waals surface area contributed by atoms with E-state index in [2.05, 4.69) is 4.98 Å². The van der Waals surface area contributed by atoms with Crippen molar-refractivity contribution >= 4 is 28.1 Å². The van der Waals surface area contributed by atoms with Gasteiger partial charge in [-0.05, 0) is 24.3 Å². The summed E-state index contributed by atoms with van der Waals surface area (Å²) in [6.45, 7) is 0.216. The summed E-state index contributed by atoms with van der Waals surface area (Å²) in [6, 6.07) is 13.0. The lowest BCUT2D eigenvalue weighted by Crippen LogP contribution is -2.26. The maximum Gasteiger partial charge on any atom is 0.148 e. The van der Waals surface area contributed by atoms with Gasteiger partial charge in [-0.2, -0.15) is 0 Å². The smallest absolute Gasteiger partial charge is 0.148 e. The summed E-state index contributed by atoms with van der Waals surface area (Å²) in [4.78, 5) is 6.37. The molecule has 7 heteroatoms. The van der Waals surface area contributed by atoms with E-state index in [1.807, 2.05) is 54.1 Å². The number of nitrogens with one attached hydrogen (secondary N) is 1. The second kappa shape index (κ2) is 6.35. The Morgan fingerprint density at radius 2 is 1.81 bits per heavy atom. The molecule has 138 valence electrons. The van der Waals surface area contributed by atoms with E-state index < -0.39 is 0 Å². The van der Waals surface area contributed by atoms with Gasteiger partial charge in [-0.25, -0.2) is 4.98 Å². The van der Waals surface area contributed by atoms with Gasteiger partial charge in [0.05, 0.1) is 37.4 Å². The van der Waals surface area contributed by atoms with Crippen molar-refractivity contribution in [2.75, 3.05) is 25.7 Å². The molecule has 1 aliphatic rings. The summed E-state index contributed by atoms with van der Waals surface area (Å²) in [6.07, 6.45) is 0. The van der Waals surface area contributed by atoms with Gasteiger partial charge in [0.25, 0.3) is 0 Å². The maximum atomic E-state index is 10.6. The van der Waals surface area contributed by atoms with Gasteiger partial charge in [0.15, 0.2) is 0 Å². The highest BCUT2D eigenvalue weighted by molar-refractivity contribution is 6.30. The fourth-order valence-corrected chi connectivity index (χ4v) is 3.34. The lowest BCUT2D eigenvalue weighted by molar-refractivity contribution is 0.410. The third kappa shape index (κ3) is 2.68. The summed E-state index contributed by atoms with van der Waals surface area (Å²) in [5.41, 5.74) is 2.86. The Balaban J connectivity index is 1.76. The number of ether oxygens (including phenoxy) is 2. The predicted octanol–water partition coefficient (Wildman–Crippen LogP) is 3.36. The average molecular weight is 364 g/mol. The number of amidine groups is 1. The van der Waals surface area contributed by atoms with E-state index in [-0.39, 0.29) is 18.1 Å². The van der Waals surface area contributed by atoms with E-state index >= 15 is 0 Å². The number of imidazole rings is 1. The molecule has 2 aromatic carbocycles. The Morgan fingerprint density at radius 1 is 1.07 bits per heavy atom. The summed E-state index contributed by atoms with van der Waals surface area (Å²) < 4.78 is 12.4. The summed E-state index contributed by atoms with van der Waals surface area (Å²) >= 11 is 0. The second-order valence-corrected chi connectivity index (χ2v) is 6.31. The molecule has 0 bridgehead atoms. The Kier molecular flexibility index (Phi) is 3.99. The van der Waals surface area contributed by atoms with Gasteiger partial charge in [0.1, 0.15) is 28.9 Å². The number of rotatable bonds is 4. The molecule has 0 saturated carbocycles. The molecular formula is C20H20N4O3. The molecular weight excluding hydrogens is 344 g/mol. The fourth-order valence-electron chi connectivity index (χ4n) is 3.34. The second-order valence-electron chi connectivity index (χ2n) is 6.31. The van der Waals surface area contributed by atoms with Crippen LogP contribution in [0, 0.1) is 5.41 Å². The van der Waals surface area contributed by atoms with Crippen molar-refractivity contribution in [3.8, 4) is 11.5 Å². The Morgan fingerprint density at radius 3 is 2.56 bits per heavy atom. The van der Waals surface area contributed by atoms with Crippen molar-refractivity contribution in [1.82, 2.24) is 9.55 Å². The van der Waals surface area contributed by atoms with E-state index in [9.17, 15) is 5.11 Å². The highest BCUT2D eigenvalue weighted by atomic mass is 16.5. The van der Waals surface area contributed by atoms with Crippen LogP contribution in [0.3, 0.4) is 0 Å². The van der Waals surface area contributed by atoms with Crippen molar-refractivity contribution < 1.29 is 14.6 Å². The fraction of sp³-hybridized carbons (Fsp3) is 0.200. The third-order valence-corrected chi connectivity index (χ3v) is 4.78. The molecule has 1 aromatic heterocycles. The first-order valence-corrected chi connectivity index (χ1v) is 8.47. The zero-order valence-electron chi connectivity index (χ0n) is 15.4. The van der Waals surface area contributed by atoms with E-state index in [4.69, 9.17) is 14.9 Å². The minimum Gasteiger partial charge on any atom is -0.509 e. The number of aryl methyl sites for hydroxylation is 1. The van der Waals surface area contributed by atoms with Crippen molar-refractivity contribution in [3.05, 3.63) is 54.0 Å². The molecule has 27 heavy (non-hydrogen) atoms. The molecule has 1 aliphatic heterocycles. The molecule has 0 saturated heterocycles. The predicted molar refractivity (Wildman–Crippen MR) is 105 cm³/mol. The van der Waals surface area contributed by atoms with Gasteiger partial charge in [0, 0.05) is 24.9 Å². The Bertz CT molecular complexity index is 1080. The first kappa shape index (κ1) is 17.0. The van der Waals surface area contributed by atoms with Crippen LogP contribution in [0.2, 0.25) is 0 Å². The molecule has 0 unspecified atom stereocenters. The Hall–Kier alpha value is -3.48. The number of anilines is 1. The maximum absolute atomic E-state index is 10.6. The molecule has 0 atom stereocenters. The number of methoxy groups -OCH3 is 2. The van der Waals surface area contributed by atoms with Gasteiger partial charge >= 0.3 is 0 Å². The van der Waals surface area contributed by atoms with E-state index in [1.54, 1.807) is 19.1 Å². The normalized spacial score (nSPS) is 14.3. The van der Waals surface area contributed by atoms with Gasteiger partial charge in [0.2, 0.25) is 0 Å². The first-order valence-electron chi connectivity index (χ1n) is 8.47. The van der Waals surface area contributed by atoms with Crippen LogP contribution in [0.15, 0.2) is 48.2 Å². The minimum atomic E-state index is 0.119. The highest BCUT2D eigenvalue weighted by Gasteiger charge is 2.32. The number of nitrogens with zero attached hydrogens (tertiary/aromatic N) is 3. The lowest BCUT2D eigenvalue weighted by Gasteiger charge is -2.19. The van der Waals surface area contributed by atoms with Crippen LogP contribution < -0.4 is 14.4 Å².